The molecule has 0 amide bonds. The first kappa shape index (κ1) is 15.7. The van der Waals surface area contributed by atoms with Gasteiger partial charge in [-0.2, -0.15) is 0 Å². The van der Waals surface area contributed by atoms with Crippen LogP contribution in [-0.4, -0.2) is 21.3 Å². The van der Waals surface area contributed by atoms with Crippen LogP contribution in [0.15, 0.2) is 59.5 Å². The molecule has 0 spiro atoms. The largest absolute Gasteiger partial charge is 0.294 e. The maximum Gasteiger partial charge on any atom is 0.258 e. The first-order valence-electron chi connectivity index (χ1n) is 7.47. The second kappa shape index (κ2) is 6.52. The molecular formula is C18H18ClN3O. The van der Waals surface area contributed by atoms with Crippen LogP contribution in [0, 0.1) is 0 Å². The molecule has 0 aliphatic carbocycles. The molecule has 0 saturated carbocycles. The second-order valence-corrected chi connectivity index (χ2v) is 6.10. The Kier molecular flexibility index (Phi) is 4.46. The van der Waals surface area contributed by atoms with E-state index >= 15 is 0 Å². The van der Waals surface area contributed by atoms with Crippen molar-refractivity contribution in [2.45, 2.75) is 19.5 Å². The van der Waals surface area contributed by atoms with E-state index in [-0.39, 0.29) is 11.6 Å². The molecule has 0 N–H and O–H groups in total. The Labute approximate surface area is 140 Å². The fourth-order valence-electron chi connectivity index (χ4n) is 2.60. The predicted octanol–water partition coefficient (Wildman–Crippen LogP) is 3.54. The van der Waals surface area contributed by atoms with E-state index in [9.17, 15) is 4.79 Å². The van der Waals surface area contributed by atoms with Gasteiger partial charge in [0.25, 0.3) is 5.56 Å². The van der Waals surface area contributed by atoms with Crippen LogP contribution in [0.25, 0.3) is 5.65 Å². The van der Waals surface area contributed by atoms with Gasteiger partial charge >= 0.3 is 0 Å². The molecule has 0 saturated heterocycles. The smallest absolute Gasteiger partial charge is 0.258 e. The number of hydrogen-bond acceptors (Lipinski definition) is 3. The third-order valence-electron chi connectivity index (χ3n) is 4.03. The zero-order valence-electron chi connectivity index (χ0n) is 13.1. The number of rotatable bonds is 4. The van der Waals surface area contributed by atoms with Crippen molar-refractivity contribution in [2.75, 3.05) is 7.05 Å². The number of benzene rings is 1. The first-order chi connectivity index (χ1) is 11.0. The molecule has 1 aromatic carbocycles. The van der Waals surface area contributed by atoms with E-state index < -0.39 is 0 Å². The summed E-state index contributed by atoms with van der Waals surface area (Å²) < 4.78 is 1.55. The fourth-order valence-corrected chi connectivity index (χ4v) is 2.80. The molecule has 0 fully saturated rings. The highest BCUT2D eigenvalue weighted by molar-refractivity contribution is 6.30. The SMILES string of the molecule is CC(c1cccc(Cl)c1)N(C)Cc1cc(=O)n2ccccc2n1. The Morgan fingerprint density at radius 3 is 2.83 bits per heavy atom. The highest BCUT2D eigenvalue weighted by Crippen LogP contribution is 2.22. The summed E-state index contributed by atoms with van der Waals surface area (Å²) in [6.45, 7) is 2.70. The number of nitrogens with zero attached hydrogens (tertiary/aromatic N) is 3. The van der Waals surface area contributed by atoms with Crippen LogP contribution in [0.1, 0.15) is 24.2 Å². The number of halogens is 1. The van der Waals surface area contributed by atoms with Gasteiger partial charge in [0.05, 0.1) is 5.69 Å². The number of fused-ring (bicyclic) bond motifs is 1. The maximum absolute atomic E-state index is 12.2. The molecule has 3 rings (SSSR count). The normalized spacial score (nSPS) is 12.7. The lowest BCUT2D eigenvalue weighted by atomic mass is 10.1. The van der Waals surface area contributed by atoms with Crippen molar-refractivity contribution in [3.8, 4) is 0 Å². The maximum atomic E-state index is 12.2. The summed E-state index contributed by atoms with van der Waals surface area (Å²) in [6.07, 6.45) is 1.73. The molecule has 1 unspecified atom stereocenters. The zero-order valence-corrected chi connectivity index (χ0v) is 13.9. The summed E-state index contributed by atoms with van der Waals surface area (Å²) in [4.78, 5) is 18.9. The van der Waals surface area contributed by atoms with Crippen molar-refractivity contribution >= 4 is 17.2 Å². The lowest BCUT2D eigenvalue weighted by molar-refractivity contribution is 0.250. The van der Waals surface area contributed by atoms with Gasteiger partial charge in [-0.3, -0.25) is 14.1 Å². The monoisotopic (exact) mass is 327 g/mol. The minimum atomic E-state index is -0.0607. The number of aromatic nitrogens is 2. The molecule has 5 heteroatoms. The molecule has 0 bridgehead atoms. The standard InChI is InChI=1S/C18H18ClN3O/c1-13(14-6-5-7-15(19)10-14)21(2)12-16-11-18(23)22-9-4-3-8-17(22)20-16/h3-11,13H,12H2,1-2H3. The van der Waals surface area contributed by atoms with Gasteiger partial charge in [-0.15, -0.1) is 0 Å². The molecule has 23 heavy (non-hydrogen) atoms. The van der Waals surface area contributed by atoms with E-state index in [1.807, 2.05) is 43.4 Å². The van der Waals surface area contributed by atoms with Crippen molar-refractivity contribution in [2.24, 2.45) is 0 Å². The summed E-state index contributed by atoms with van der Waals surface area (Å²) in [6, 6.07) is 15.1. The van der Waals surface area contributed by atoms with E-state index in [1.54, 1.807) is 16.7 Å². The summed E-state index contributed by atoms with van der Waals surface area (Å²) in [5, 5.41) is 0.727. The molecule has 0 radical (unpaired) electrons. The zero-order chi connectivity index (χ0) is 16.4. The van der Waals surface area contributed by atoms with E-state index in [2.05, 4.69) is 22.9 Å². The molecule has 2 heterocycles. The van der Waals surface area contributed by atoms with Crippen LogP contribution in [-0.2, 0) is 6.54 Å². The van der Waals surface area contributed by atoms with Crippen molar-refractivity contribution in [3.05, 3.63) is 81.4 Å². The molecule has 0 aliphatic heterocycles. The third kappa shape index (κ3) is 3.44. The minimum absolute atomic E-state index is 0.0607. The summed E-state index contributed by atoms with van der Waals surface area (Å²) in [5.41, 5.74) is 2.50. The quantitative estimate of drug-likeness (QED) is 0.735. The highest BCUT2D eigenvalue weighted by Gasteiger charge is 2.13. The van der Waals surface area contributed by atoms with Crippen LogP contribution < -0.4 is 5.56 Å². The number of pyridine rings is 1. The molecular weight excluding hydrogens is 310 g/mol. The predicted molar refractivity (Wildman–Crippen MR) is 92.8 cm³/mol. The summed E-state index contributed by atoms with van der Waals surface area (Å²) in [7, 11) is 2.01. The van der Waals surface area contributed by atoms with Crippen LogP contribution >= 0.6 is 11.6 Å². The lowest BCUT2D eigenvalue weighted by Gasteiger charge is -2.25. The molecule has 3 aromatic rings. The lowest BCUT2D eigenvalue weighted by Crippen LogP contribution is -2.24. The Morgan fingerprint density at radius 2 is 2.04 bits per heavy atom. The number of hydrogen-bond donors (Lipinski definition) is 0. The van der Waals surface area contributed by atoms with Crippen molar-refractivity contribution in [1.82, 2.24) is 14.3 Å². The first-order valence-corrected chi connectivity index (χ1v) is 7.85. The van der Waals surface area contributed by atoms with E-state index in [1.165, 1.54) is 0 Å². The van der Waals surface area contributed by atoms with Gasteiger partial charge < -0.3 is 0 Å². The van der Waals surface area contributed by atoms with Crippen LogP contribution in [0.5, 0.6) is 0 Å². The average molecular weight is 328 g/mol. The van der Waals surface area contributed by atoms with Gasteiger partial charge in [0.1, 0.15) is 5.65 Å². The van der Waals surface area contributed by atoms with Gasteiger partial charge in [-0.05, 0) is 43.8 Å². The van der Waals surface area contributed by atoms with E-state index in [4.69, 9.17) is 11.6 Å². The summed E-state index contributed by atoms with van der Waals surface area (Å²) in [5.74, 6) is 0. The Hall–Kier alpha value is -2.17. The van der Waals surface area contributed by atoms with Crippen LogP contribution in [0.3, 0.4) is 0 Å². The van der Waals surface area contributed by atoms with Crippen molar-refractivity contribution in [1.29, 1.82) is 0 Å². The van der Waals surface area contributed by atoms with Gasteiger partial charge in [0, 0.05) is 29.9 Å². The molecule has 2 aromatic heterocycles. The van der Waals surface area contributed by atoms with Gasteiger partial charge in [0.2, 0.25) is 0 Å². The summed E-state index contributed by atoms with van der Waals surface area (Å²) >= 11 is 6.06. The topological polar surface area (TPSA) is 37.6 Å². The van der Waals surface area contributed by atoms with Crippen molar-refractivity contribution < 1.29 is 0 Å². The molecule has 0 aliphatic rings. The Morgan fingerprint density at radius 1 is 1.22 bits per heavy atom. The second-order valence-electron chi connectivity index (χ2n) is 5.66. The molecule has 1 atom stereocenters. The van der Waals surface area contributed by atoms with Crippen molar-refractivity contribution in [3.63, 3.8) is 0 Å². The van der Waals surface area contributed by atoms with Gasteiger partial charge in [0.15, 0.2) is 0 Å². The molecule has 4 nitrogen and oxygen atoms in total. The van der Waals surface area contributed by atoms with Gasteiger partial charge in [-0.25, -0.2) is 4.98 Å². The van der Waals surface area contributed by atoms with Crippen LogP contribution in [0.4, 0.5) is 0 Å². The highest BCUT2D eigenvalue weighted by atomic mass is 35.5. The fraction of sp³-hybridized carbons (Fsp3) is 0.222. The van der Waals surface area contributed by atoms with Gasteiger partial charge in [-0.1, -0.05) is 29.8 Å². The Balaban J connectivity index is 1.85. The molecule has 118 valence electrons. The minimum Gasteiger partial charge on any atom is -0.294 e. The Bertz CT molecular complexity index is 891. The third-order valence-corrected chi connectivity index (χ3v) is 4.26. The van der Waals surface area contributed by atoms with Crippen LogP contribution in [0.2, 0.25) is 5.02 Å². The average Bonchev–Trinajstić information content (AvgIpc) is 2.54. The van der Waals surface area contributed by atoms with E-state index in [0.29, 0.717) is 12.2 Å². The van der Waals surface area contributed by atoms with E-state index in [0.717, 1.165) is 16.3 Å².